The smallest absolute Gasteiger partial charge is 0.229 e. The summed E-state index contributed by atoms with van der Waals surface area (Å²) in [4.78, 5) is 15.4. The van der Waals surface area contributed by atoms with E-state index in [1.807, 2.05) is 24.3 Å². The van der Waals surface area contributed by atoms with E-state index in [9.17, 15) is 4.79 Å². The van der Waals surface area contributed by atoms with Crippen molar-refractivity contribution in [2.24, 2.45) is 10.7 Å². The Morgan fingerprint density at radius 3 is 2.67 bits per heavy atom. The van der Waals surface area contributed by atoms with Gasteiger partial charge in [0.25, 0.3) is 0 Å². The quantitative estimate of drug-likeness (QED) is 0.806. The van der Waals surface area contributed by atoms with E-state index in [0.717, 1.165) is 10.0 Å². The Morgan fingerprint density at radius 2 is 2.07 bits per heavy atom. The first-order valence-electron chi connectivity index (χ1n) is 4.54. The number of guanidine groups is 1. The van der Waals surface area contributed by atoms with Crippen molar-refractivity contribution in [3.8, 4) is 0 Å². The van der Waals surface area contributed by atoms with E-state index in [0.29, 0.717) is 6.42 Å². The molecule has 0 aromatic heterocycles. The summed E-state index contributed by atoms with van der Waals surface area (Å²) in [5.74, 6) is 0.106. The predicted octanol–water partition coefficient (Wildman–Crippen LogP) is 1.32. The number of nitrogens with two attached hydrogens (primary N) is 1. The number of aliphatic imine (C=N–C) groups is 1. The Labute approximate surface area is 95.7 Å². The van der Waals surface area contributed by atoms with Crippen LogP contribution in [0.1, 0.15) is 18.0 Å². The molecule has 4 nitrogen and oxygen atoms in total. The second-order valence-corrected chi connectivity index (χ2v) is 4.25. The van der Waals surface area contributed by atoms with Crippen molar-refractivity contribution in [1.82, 2.24) is 5.32 Å². The molecule has 1 heterocycles. The van der Waals surface area contributed by atoms with Crippen molar-refractivity contribution in [3.05, 3.63) is 34.3 Å². The third kappa shape index (κ3) is 2.36. The van der Waals surface area contributed by atoms with Crippen molar-refractivity contribution >= 4 is 27.8 Å². The van der Waals surface area contributed by atoms with Crippen molar-refractivity contribution in [2.45, 2.75) is 12.5 Å². The molecule has 1 aliphatic heterocycles. The number of amides is 1. The number of nitrogens with one attached hydrogen (secondary N) is 1. The highest BCUT2D eigenvalue weighted by Crippen LogP contribution is 2.24. The largest absolute Gasteiger partial charge is 0.370 e. The van der Waals surface area contributed by atoms with Crippen LogP contribution in [-0.2, 0) is 4.79 Å². The van der Waals surface area contributed by atoms with Crippen LogP contribution in [0.5, 0.6) is 0 Å². The molecule has 0 spiro atoms. The van der Waals surface area contributed by atoms with Crippen LogP contribution >= 0.6 is 15.9 Å². The number of hydrogen-bond acceptors (Lipinski definition) is 3. The second kappa shape index (κ2) is 4.02. The summed E-state index contributed by atoms with van der Waals surface area (Å²) in [7, 11) is 0. The molecule has 5 heteroatoms. The Kier molecular flexibility index (Phi) is 2.73. The number of carbonyl (C=O) groups is 1. The average molecular weight is 268 g/mol. The van der Waals surface area contributed by atoms with Crippen LogP contribution in [0.4, 0.5) is 0 Å². The SMILES string of the molecule is NC1=NC(c2ccc(Br)cc2)CC(=O)N1. The van der Waals surface area contributed by atoms with E-state index in [1.54, 1.807) is 0 Å². The standard InChI is InChI=1S/C10H10BrN3O/c11-7-3-1-6(2-4-7)8-5-9(15)14-10(12)13-8/h1-4,8H,5H2,(H3,12,13,14,15). The number of benzene rings is 1. The van der Waals surface area contributed by atoms with Crippen molar-refractivity contribution in [3.63, 3.8) is 0 Å². The highest BCUT2D eigenvalue weighted by atomic mass is 79.9. The molecule has 0 saturated heterocycles. The molecule has 1 aromatic carbocycles. The topological polar surface area (TPSA) is 67.5 Å². The van der Waals surface area contributed by atoms with Crippen LogP contribution in [0.3, 0.4) is 0 Å². The lowest BCUT2D eigenvalue weighted by Crippen LogP contribution is -2.41. The summed E-state index contributed by atoms with van der Waals surface area (Å²) in [5, 5.41) is 2.47. The molecule has 0 aliphatic carbocycles. The van der Waals surface area contributed by atoms with E-state index >= 15 is 0 Å². The summed E-state index contributed by atoms with van der Waals surface area (Å²) < 4.78 is 1.00. The van der Waals surface area contributed by atoms with Gasteiger partial charge in [-0.15, -0.1) is 0 Å². The fourth-order valence-electron chi connectivity index (χ4n) is 1.49. The zero-order valence-electron chi connectivity index (χ0n) is 7.90. The van der Waals surface area contributed by atoms with Crippen LogP contribution < -0.4 is 11.1 Å². The van der Waals surface area contributed by atoms with E-state index < -0.39 is 0 Å². The minimum absolute atomic E-state index is 0.0876. The van der Waals surface area contributed by atoms with E-state index in [4.69, 9.17) is 5.73 Å². The van der Waals surface area contributed by atoms with Gasteiger partial charge in [0, 0.05) is 4.47 Å². The zero-order valence-corrected chi connectivity index (χ0v) is 9.49. The monoisotopic (exact) mass is 267 g/mol. The van der Waals surface area contributed by atoms with E-state index in [1.165, 1.54) is 0 Å². The molecule has 15 heavy (non-hydrogen) atoms. The molecule has 2 rings (SSSR count). The normalized spacial score (nSPS) is 20.7. The van der Waals surface area contributed by atoms with Gasteiger partial charge in [0.05, 0.1) is 12.5 Å². The molecule has 1 unspecified atom stereocenters. The minimum Gasteiger partial charge on any atom is -0.370 e. The molecule has 1 amide bonds. The van der Waals surface area contributed by atoms with Crippen LogP contribution in [0.2, 0.25) is 0 Å². The van der Waals surface area contributed by atoms with Gasteiger partial charge >= 0.3 is 0 Å². The molecule has 78 valence electrons. The van der Waals surface area contributed by atoms with Crippen LogP contribution in [0.15, 0.2) is 33.7 Å². The molecule has 1 aromatic rings. The number of halogens is 1. The fourth-order valence-corrected chi connectivity index (χ4v) is 1.76. The molecule has 1 atom stereocenters. The molecule has 1 aliphatic rings. The van der Waals surface area contributed by atoms with E-state index in [2.05, 4.69) is 26.2 Å². The average Bonchev–Trinajstić information content (AvgIpc) is 2.17. The first kappa shape index (κ1) is 10.2. The lowest BCUT2D eigenvalue weighted by molar-refractivity contribution is -0.120. The second-order valence-electron chi connectivity index (χ2n) is 3.33. The van der Waals surface area contributed by atoms with Gasteiger partial charge in [-0.2, -0.15) is 0 Å². The maximum Gasteiger partial charge on any atom is 0.229 e. The molecule has 0 bridgehead atoms. The van der Waals surface area contributed by atoms with Crippen LogP contribution in [0.25, 0.3) is 0 Å². The summed E-state index contributed by atoms with van der Waals surface area (Å²) in [6.07, 6.45) is 0.350. The van der Waals surface area contributed by atoms with E-state index in [-0.39, 0.29) is 17.9 Å². The Balaban J connectivity index is 2.27. The van der Waals surface area contributed by atoms with Gasteiger partial charge in [0.15, 0.2) is 5.96 Å². The third-order valence-electron chi connectivity index (χ3n) is 2.20. The van der Waals surface area contributed by atoms with Crippen molar-refractivity contribution in [2.75, 3.05) is 0 Å². The van der Waals surface area contributed by atoms with Gasteiger partial charge in [-0.25, -0.2) is 4.99 Å². The Morgan fingerprint density at radius 1 is 1.40 bits per heavy atom. The molecule has 0 saturated carbocycles. The Bertz CT molecular complexity index is 413. The maximum absolute atomic E-state index is 11.2. The van der Waals surface area contributed by atoms with Crippen molar-refractivity contribution in [1.29, 1.82) is 0 Å². The lowest BCUT2D eigenvalue weighted by atomic mass is 10.0. The van der Waals surface area contributed by atoms with Gasteiger partial charge in [-0.3, -0.25) is 10.1 Å². The van der Waals surface area contributed by atoms with Gasteiger partial charge in [-0.1, -0.05) is 28.1 Å². The summed E-state index contributed by atoms with van der Waals surface area (Å²) >= 11 is 3.35. The fraction of sp³-hybridized carbons (Fsp3) is 0.200. The summed E-state index contributed by atoms with van der Waals surface area (Å²) in [5.41, 5.74) is 6.49. The molecular weight excluding hydrogens is 258 g/mol. The number of rotatable bonds is 1. The number of nitrogens with zero attached hydrogens (tertiary/aromatic N) is 1. The van der Waals surface area contributed by atoms with Crippen molar-refractivity contribution < 1.29 is 4.79 Å². The number of carbonyl (C=O) groups excluding carboxylic acids is 1. The first-order chi connectivity index (χ1) is 7.15. The Hall–Kier alpha value is -1.36. The number of hydrogen-bond donors (Lipinski definition) is 2. The third-order valence-corrected chi connectivity index (χ3v) is 2.72. The maximum atomic E-state index is 11.2. The highest BCUT2D eigenvalue weighted by molar-refractivity contribution is 9.10. The van der Waals surface area contributed by atoms with Gasteiger partial charge < -0.3 is 5.73 Å². The molecule has 0 radical (unpaired) electrons. The predicted molar refractivity (Wildman–Crippen MR) is 61.3 cm³/mol. The molecule has 0 fully saturated rings. The minimum atomic E-state index is -0.160. The zero-order chi connectivity index (χ0) is 10.8. The van der Waals surface area contributed by atoms with Crippen LogP contribution in [-0.4, -0.2) is 11.9 Å². The lowest BCUT2D eigenvalue weighted by Gasteiger charge is -2.18. The molecule has 3 N–H and O–H groups in total. The van der Waals surface area contributed by atoms with Gasteiger partial charge in [0.2, 0.25) is 5.91 Å². The first-order valence-corrected chi connectivity index (χ1v) is 5.33. The summed E-state index contributed by atoms with van der Waals surface area (Å²) in [6, 6.07) is 7.56. The van der Waals surface area contributed by atoms with Crippen LogP contribution in [0, 0.1) is 0 Å². The van der Waals surface area contributed by atoms with Gasteiger partial charge in [0.1, 0.15) is 0 Å². The highest BCUT2D eigenvalue weighted by Gasteiger charge is 2.20. The summed E-state index contributed by atoms with van der Waals surface area (Å²) in [6.45, 7) is 0. The van der Waals surface area contributed by atoms with Gasteiger partial charge in [-0.05, 0) is 17.7 Å². The molecular formula is C10H10BrN3O.